The summed E-state index contributed by atoms with van der Waals surface area (Å²) in [5.41, 5.74) is 5.28. The monoisotopic (exact) mass is 358 g/mol. The molecule has 0 aliphatic heterocycles. The summed E-state index contributed by atoms with van der Waals surface area (Å²) in [6.45, 7) is 5.23. The predicted octanol–water partition coefficient (Wildman–Crippen LogP) is 2.23. The van der Waals surface area contributed by atoms with E-state index in [4.69, 9.17) is 4.98 Å². The van der Waals surface area contributed by atoms with E-state index in [1.807, 2.05) is 20.9 Å². The predicted molar refractivity (Wildman–Crippen MR) is 103 cm³/mol. The highest BCUT2D eigenvalue weighted by Gasteiger charge is 2.15. The first-order valence-corrected chi connectivity index (χ1v) is 10.1. The van der Waals surface area contributed by atoms with Crippen molar-refractivity contribution in [3.63, 3.8) is 0 Å². The van der Waals surface area contributed by atoms with E-state index in [1.54, 1.807) is 11.3 Å². The Bertz CT molecular complexity index is 738. The summed E-state index contributed by atoms with van der Waals surface area (Å²) in [5.74, 6) is 0.0963. The largest absolute Gasteiger partial charge is 0.349 e. The van der Waals surface area contributed by atoms with Gasteiger partial charge in [0.1, 0.15) is 11.6 Å². The first-order chi connectivity index (χ1) is 12.0. The average molecular weight is 359 g/mol. The number of nitrogens with one attached hydrogen (secondary N) is 2. The lowest BCUT2D eigenvalue weighted by atomic mass is 9.90. The summed E-state index contributed by atoms with van der Waals surface area (Å²) in [5, 5.41) is 6.17. The van der Waals surface area contributed by atoms with Crippen LogP contribution in [0.25, 0.3) is 11.3 Å². The third-order valence-corrected chi connectivity index (χ3v) is 5.41. The van der Waals surface area contributed by atoms with Crippen LogP contribution < -0.4 is 10.2 Å². The maximum absolute atomic E-state index is 11.9. The van der Waals surface area contributed by atoms with Gasteiger partial charge in [-0.2, -0.15) is 0 Å². The van der Waals surface area contributed by atoms with Crippen LogP contribution in [0.3, 0.4) is 0 Å². The molecule has 5 heteroatoms. The Hall–Kier alpha value is -1.72. The van der Waals surface area contributed by atoms with Gasteiger partial charge in [-0.15, -0.1) is 11.3 Å². The molecule has 0 saturated carbocycles. The Labute approximate surface area is 154 Å². The number of nitrogens with zero attached hydrogens (tertiary/aromatic N) is 1. The molecule has 1 aromatic heterocycles. The molecule has 4 nitrogen and oxygen atoms in total. The van der Waals surface area contributed by atoms with Gasteiger partial charge in [0.2, 0.25) is 0 Å². The van der Waals surface area contributed by atoms with Crippen molar-refractivity contribution < 1.29 is 9.69 Å². The quantitative estimate of drug-likeness (QED) is 0.832. The number of rotatable bonds is 6. The van der Waals surface area contributed by atoms with Crippen molar-refractivity contribution in [3.05, 3.63) is 39.7 Å². The van der Waals surface area contributed by atoms with Crippen molar-refractivity contribution in [1.29, 1.82) is 0 Å². The number of fused-ring (bicyclic) bond motifs is 1. The number of benzene rings is 1. The van der Waals surface area contributed by atoms with Gasteiger partial charge in [0.25, 0.3) is 5.91 Å². The van der Waals surface area contributed by atoms with E-state index in [0.717, 1.165) is 22.1 Å². The van der Waals surface area contributed by atoms with Gasteiger partial charge in [-0.3, -0.25) is 4.79 Å². The molecule has 2 N–H and O–H groups in total. The van der Waals surface area contributed by atoms with E-state index < -0.39 is 0 Å². The van der Waals surface area contributed by atoms with E-state index in [2.05, 4.69) is 28.9 Å². The van der Waals surface area contributed by atoms with Crippen LogP contribution in [0.4, 0.5) is 0 Å². The maximum atomic E-state index is 11.9. The zero-order valence-corrected chi connectivity index (χ0v) is 16.2. The second kappa shape index (κ2) is 8.11. The van der Waals surface area contributed by atoms with E-state index >= 15 is 0 Å². The lowest BCUT2D eigenvalue weighted by Gasteiger charge is -2.16. The minimum absolute atomic E-state index is 0.0963. The molecule has 134 valence electrons. The fourth-order valence-electron chi connectivity index (χ4n) is 3.39. The number of aromatic nitrogens is 1. The van der Waals surface area contributed by atoms with E-state index in [0.29, 0.717) is 6.54 Å². The Morgan fingerprint density at radius 1 is 1.28 bits per heavy atom. The van der Waals surface area contributed by atoms with Crippen LogP contribution in [0.15, 0.2) is 23.6 Å². The Morgan fingerprint density at radius 2 is 2.04 bits per heavy atom. The number of carbonyl (C=O) groups is 1. The number of hydrogen-bond acceptors (Lipinski definition) is 3. The summed E-state index contributed by atoms with van der Waals surface area (Å²) in [6, 6.07) is 6.99. The number of aryl methyl sites for hydroxylation is 2. The van der Waals surface area contributed by atoms with Gasteiger partial charge in [0, 0.05) is 17.0 Å². The van der Waals surface area contributed by atoms with Gasteiger partial charge in [0.15, 0.2) is 6.54 Å². The van der Waals surface area contributed by atoms with E-state index in [9.17, 15) is 4.79 Å². The molecule has 1 amide bonds. The van der Waals surface area contributed by atoms with Crippen LogP contribution in [0, 0.1) is 0 Å². The molecule has 1 heterocycles. The molecular formula is C20H28N3OS+. The first kappa shape index (κ1) is 18.1. The smallest absolute Gasteiger partial charge is 0.275 e. The molecule has 1 unspecified atom stereocenters. The molecule has 0 radical (unpaired) electrons. The number of thiazole rings is 1. The van der Waals surface area contributed by atoms with Crippen molar-refractivity contribution in [2.24, 2.45) is 0 Å². The van der Waals surface area contributed by atoms with E-state index in [-0.39, 0.29) is 11.9 Å². The Kier molecular flexibility index (Phi) is 5.86. The maximum Gasteiger partial charge on any atom is 0.275 e. The molecular weight excluding hydrogens is 330 g/mol. The molecule has 0 saturated heterocycles. The lowest BCUT2D eigenvalue weighted by Crippen LogP contribution is -3.09. The van der Waals surface area contributed by atoms with Gasteiger partial charge in [-0.25, -0.2) is 4.98 Å². The number of likely N-dealkylation sites (N-methyl/N-ethyl adjacent to an activating group) is 1. The molecule has 1 aliphatic carbocycles. The minimum Gasteiger partial charge on any atom is -0.349 e. The highest BCUT2D eigenvalue weighted by molar-refractivity contribution is 7.09. The van der Waals surface area contributed by atoms with Gasteiger partial charge < -0.3 is 10.2 Å². The number of hydrogen-bond donors (Lipinski definition) is 2. The number of quaternary nitrogens is 1. The van der Waals surface area contributed by atoms with Crippen LogP contribution in [-0.4, -0.2) is 30.5 Å². The second-order valence-corrected chi connectivity index (χ2v) is 8.29. The van der Waals surface area contributed by atoms with Gasteiger partial charge in [0.05, 0.1) is 12.7 Å². The van der Waals surface area contributed by atoms with Crippen molar-refractivity contribution in [2.45, 2.75) is 52.1 Å². The normalized spacial score (nSPS) is 15.0. The number of amides is 1. The fraction of sp³-hybridized carbons (Fsp3) is 0.500. The Balaban J connectivity index is 1.63. The molecule has 3 rings (SSSR count). The second-order valence-electron chi connectivity index (χ2n) is 7.35. The third kappa shape index (κ3) is 4.89. The molecule has 1 atom stereocenters. The summed E-state index contributed by atoms with van der Waals surface area (Å²) < 4.78 is 0. The van der Waals surface area contributed by atoms with Crippen LogP contribution >= 0.6 is 11.3 Å². The first-order valence-electron chi connectivity index (χ1n) is 9.18. The zero-order chi connectivity index (χ0) is 17.8. The van der Waals surface area contributed by atoms with Gasteiger partial charge in [-0.05, 0) is 56.7 Å². The van der Waals surface area contributed by atoms with Crippen molar-refractivity contribution >= 4 is 17.2 Å². The van der Waals surface area contributed by atoms with Crippen LogP contribution in [0.5, 0.6) is 0 Å². The van der Waals surface area contributed by atoms with Crippen LogP contribution in [0.2, 0.25) is 0 Å². The highest BCUT2D eigenvalue weighted by atomic mass is 32.1. The third-order valence-electron chi connectivity index (χ3n) is 4.56. The van der Waals surface area contributed by atoms with Crippen molar-refractivity contribution in [1.82, 2.24) is 10.3 Å². The van der Waals surface area contributed by atoms with Gasteiger partial charge in [-0.1, -0.05) is 12.1 Å². The summed E-state index contributed by atoms with van der Waals surface area (Å²) in [6.07, 6.45) is 5.01. The van der Waals surface area contributed by atoms with Crippen LogP contribution in [-0.2, 0) is 24.2 Å². The molecule has 0 spiro atoms. The molecule has 1 aromatic carbocycles. The van der Waals surface area contributed by atoms with Crippen molar-refractivity contribution in [2.75, 3.05) is 13.6 Å². The highest BCUT2D eigenvalue weighted by Crippen LogP contribution is 2.28. The molecule has 0 fully saturated rings. The van der Waals surface area contributed by atoms with E-state index in [1.165, 1.54) is 42.4 Å². The topological polar surface area (TPSA) is 46.4 Å². The zero-order valence-electron chi connectivity index (χ0n) is 15.4. The SMILES string of the molecule is CC(C)NC(=O)C[NH+](C)Cc1nc(-c2ccc3c(c2)CCCC3)cs1. The molecule has 2 aromatic rings. The van der Waals surface area contributed by atoms with Gasteiger partial charge >= 0.3 is 0 Å². The van der Waals surface area contributed by atoms with Crippen molar-refractivity contribution in [3.8, 4) is 11.3 Å². The molecule has 25 heavy (non-hydrogen) atoms. The number of carbonyl (C=O) groups excluding carboxylic acids is 1. The summed E-state index contributed by atoms with van der Waals surface area (Å²) in [4.78, 5) is 17.8. The summed E-state index contributed by atoms with van der Waals surface area (Å²) in [7, 11) is 2.04. The summed E-state index contributed by atoms with van der Waals surface area (Å²) >= 11 is 1.69. The minimum atomic E-state index is 0.0963. The standard InChI is InChI=1S/C20H27N3OS/c1-14(2)21-19(24)11-23(3)12-20-22-18(13-25-20)17-9-8-15-6-4-5-7-16(15)10-17/h8-10,13-14H,4-7,11-12H2,1-3H3,(H,21,24)/p+1. The molecule has 1 aliphatic rings. The average Bonchev–Trinajstić information content (AvgIpc) is 3.01. The lowest BCUT2D eigenvalue weighted by molar-refractivity contribution is -0.885. The molecule has 0 bridgehead atoms. The van der Waals surface area contributed by atoms with Crippen LogP contribution in [0.1, 0.15) is 42.8 Å². The fourth-order valence-corrected chi connectivity index (χ4v) is 4.30. The Morgan fingerprint density at radius 3 is 2.80 bits per heavy atom.